The minimum atomic E-state index is 0.530. The summed E-state index contributed by atoms with van der Waals surface area (Å²) in [7, 11) is 1.77. The van der Waals surface area contributed by atoms with Crippen LogP contribution in [0.15, 0.2) is 0 Å². The third-order valence-corrected chi connectivity index (χ3v) is 2.95. The predicted octanol–water partition coefficient (Wildman–Crippen LogP) is 1.00. The molecule has 0 amide bonds. The van der Waals surface area contributed by atoms with Gasteiger partial charge in [-0.2, -0.15) is 0 Å². The molecule has 2 N–H and O–H groups in total. The molecule has 1 rings (SSSR count). The molecule has 14 heavy (non-hydrogen) atoms. The lowest BCUT2D eigenvalue weighted by molar-refractivity contribution is 0.160. The first-order valence-corrected chi connectivity index (χ1v) is 5.79. The lowest BCUT2D eigenvalue weighted by atomic mass is 9.99. The highest BCUT2D eigenvalue weighted by Crippen LogP contribution is 2.08. The fraction of sp³-hybridized carbons (Fsp3) is 1.00. The molecule has 1 aliphatic rings. The van der Waals surface area contributed by atoms with Crippen molar-refractivity contribution < 1.29 is 4.74 Å². The number of rotatable bonds is 6. The van der Waals surface area contributed by atoms with Gasteiger partial charge in [0.05, 0.1) is 6.61 Å². The fourth-order valence-corrected chi connectivity index (χ4v) is 1.95. The van der Waals surface area contributed by atoms with Crippen molar-refractivity contribution in [1.29, 1.82) is 0 Å². The molecule has 0 saturated carbocycles. The number of hydrogen-bond acceptors (Lipinski definition) is 3. The van der Waals surface area contributed by atoms with Gasteiger partial charge >= 0.3 is 0 Å². The Kier molecular flexibility index (Phi) is 6.15. The number of methoxy groups -OCH3 is 1. The van der Waals surface area contributed by atoms with Gasteiger partial charge in [0.25, 0.3) is 0 Å². The van der Waals surface area contributed by atoms with E-state index in [1.807, 2.05) is 0 Å². The van der Waals surface area contributed by atoms with E-state index >= 15 is 0 Å². The zero-order chi connectivity index (χ0) is 10.2. The zero-order valence-electron chi connectivity index (χ0n) is 9.51. The molecule has 2 atom stereocenters. The summed E-state index contributed by atoms with van der Waals surface area (Å²) in [6.07, 6.45) is 3.84. The molecule has 0 aromatic rings. The zero-order valence-corrected chi connectivity index (χ0v) is 9.51. The Balaban J connectivity index is 2.10. The number of hydrogen-bond donors (Lipinski definition) is 2. The van der Waals surface area contributed by atoms with Crippen molar-refractivity contribution in [3.63, 3.8) is 0 Å². The third kappa shape index (κ3) is 4.40. The van der Waals surface area contributed by atoms with E-state index in [9.17, 15) is 0 Å². The van der Waals surface area contributed by atoms with E-state index in [0.717, 1.165) is 25.5 Å². The molecule has 1 fully saturated rings. The van der Waals surface area contributed by atoms with Gasteiger partial charge in [0.1, 0.15) is 0 Å². The monoisotopic (exact) mass is 200 g/mol. The second kappa shape index (κ2) is 7.21. The Labute approximate surface area is 87.6 Å². The molecule has 1 heterocycles. The molecule has 3 nitrogen and oxygen atoms in total. The van der Waals surface area contributed by atoms with Crippen molar-refractivity contribution in [1.82, 2.24) is 10.6 Å². The molecule has 0 aliphatic carbocycles. The van der Waals surface area contributed by atoms with E-state index in [1.54, 1.807) is 7.11 Å². The van der Waals surface area contributed by atoms with E-state index < -0.39 is 0 Å². The Morgan fingerprint density at radius 3 is 3.00 bits per heavy atom. The summed E-state index contributed by atoms with van der Waals surface area (Å²) in [6.45, 7) is 6.55. The number of piperidine rings is 1. The molecule has 3 heteroatoms. The van der Waals surface area contributed by atoms with E-state index in [1.165, 1.54) is 25.9 Å². The van der Waals surface area contributed by atoms with Gasteiger partial charge in [-0.1, -0.05) is 6.92 Å². The Morgan fingerprint density at radius 2 is 2.43 bits per heavy atom. The van der Waals surface area contributed by atoms with Gasteiger partial charge in [-0.05, 0) is 44.8 Å². The highest BCUT2D eigenvalue weighted by molar-refractivity contribution is 4.73. The molecule has 0 radical (unpaired) electrons. The molecule has 0 spiro atoms. The second-order valence-corrected chi connectivity index (χ2v) is 4.18. The van der Waals surface area contributed by atoms with Crippen molar-refractivity contribution in [2.24, 2.45) is 5.92 Å². The van der Waals surface area contributed by atoms with Gasteiger partial charge in [-0.25, -0.2) is 0 Å². The summed E-state index contributed by atoms with van der Waals surface area (Å²) >= 11 is 0. The smallest absolute Gasteiger partial charge is 0.0615 e. The number of nitrogens with one attached hydrogen (secondary N) is 2. The standard InChI is InChI=1S/C11H24N2O/c1-3-11(9-14-2)13-8-10-5-4-6-12-7-10/h10-13H,3-9H2,1-2H3. The van der Waals surface area contributed by atoms with Crippen LogP contribution in [0.3, 0.4) is 0 Å². The van der Waals surface area contributed by atoms with Crippen LogP contribution in [0.5, 0.6) is 0 Å². The highest BCUT2D eigenvalue weighted by Gasteiger charge is 2.14. The molecule has 0 aromatic carbocycles. The van der Waals surface area contributed by atoms with Crippen LogP contribution >= 0.6 is 0 Å². The van der Waals surface area contributed by atoms with Crippen LogP contribution in [0.25, 0.3) is 0 Å². The average Bonchev–Trinajstić information content (AvgIpc) is 2.25. The Bertz CT molecular complexity index is 130. The van der Waals surface area contributed by atoms with Crippen LogP contribution < -0.4 is 10.6 Å². The Hall–Kier alpha value is -0.120. The molecule has 2 unspecified atom stereocenters. The minimum Gasteiger partial charge on any atom is -0.383 e. The lowest BCUT2D eigenvalue weighted by Crippen LogP contribution is -2.41. The second-order valence-electron chi connectivity index (χ2n) is 4.18. The first-order chi connectivity index (χ1) is 6.86. The minimum absolute atomic E-state index is 0.530. The molecule has 0 bridgehead atoms. The summed E-state index contributed by atoms with van der Waals surface area (Å²) in [5.41, 5.74) is 0. The SMILES string of the molecule is CCC(COC)NCC1CCCNC1. The van der Waals surface area contributed by atoms with Gasteiger partial charge in [-0.3, -0.25) is 0 Å². The Morgan fingerprint density at radius 1 is 1.57 bits per heavy atom. The van der Waals surface area contributed by atoms with Gasteiger partial charge < -0.3 is 15.4 Å². The van der Waals surface area contributed by atoms with Crippen LogP contribution in [0.2, 0.25) is 0 Å². The maximum Gasteiger partial charge on any atom is 0.0615 e. The van der Waals surface area contributed by atoms with Crippen molar-refractivity contribution in [3.8, 4) is 0 Å². The summed E-state index contributed by atoms with van der Waals surface area (Å²) < 4.78 is 5.16. The summed E-state index contributed by atoms with van der Waals surface area (Å²) in [6, 6.07) is 0.530. The van der Waals surface area contributed by atoms with Crippen LogP contribution in [0.1, 0.15) is 26.2 Å². The van der Waals surface area contributed by atoms with Crippen molar-refractivity contribution in [3.05, 3.63) is 0 Å². The quantitative estimate of drug-likeness (QED) is 0.671. The first kappa shape index (κ1) is 12.0. The maximum absolute atomic E-state index is 5.16. The number of ether oxygens (including phenoxy) is 1. The van der Waals surface area contributed by atoms with Crippen molar-refractivity contribution in [2.45, 2.75) is 32.2 Å². The van der Waals surface area contributed by atoms with Gasteiger partial charge in [0, 0.05) is 13.2 Å². The van der Waals surface area contributed by atoms with E-state index in [4.69, 9.17) is 4.74 Å². The predicted molar refractivity (Wildman–Crippen MR) is 59.6 cm³/mol. The van der Waals surface area contributed by atoms with Crippen molar-refractivity contribution >= 4 is 0 Å². The maximum atomic E-state index is 5.16. The van der Waals surface area contributed by atoms with Gasteiger partial charge in [-0.15, -0.1) is 0 Å². The highest BCUT2D eigenvalue weighted by atomic mass is 16.5. The molecule has 1 saturated heterocycles. The molecule has 1 aliphatic heterocycles. The van der Waals surface area contributed by atoms with Crippen LogP contribution in [-0.4, -0.2) is 39.4 Å². The van der Waals surface area contributed by atoms with Crippen LogP contribution in [-0.2, 0) is 4.74 Å². The van der Waals surface area contributed by atoms with Gasteiger partial charge in [0.2, 0.25) is 0 Å². The third-order valence-electron chi connectivity index (χ3n) is 2.95. The topological polar surface area (TPSA) is 33.3 Å². The summed E-state index contributed by atoms with van der Waals surface area (Å²) in [5.74, 6) is 0.814. The van der Waals surface area contributed by atoms with Crippen LogP contribution in [0, 0.1) is 5.92 Å². The molecular formula is C11H24N2O. The van der Waals surface area contributed by atoms with E-state index in [-0.39, 0.29) is 0 Å². The fourth-order valence-electron chi connectivity index (χ4n) is 1.95. The molecular weight excluding hydrogens is 176 g/mol. The molecule has 84 valence electrons. The average molecular weight is 200 g/mol. The van der Waals surface area contributed by atoms with E-state index in [0.29, 0.717) is 6.04 Å². The van der Waals surface area contributed by atoms with E-state index in [2.05, 4.69) is 17.6 Å². The first-order valence-electron chi connectivity index (χ1n) is 5.79. The lowest BCUT2D eigenvalue weighted by Gasteiger charge is -2.25. The largest absolute Gasteiger partial charge is 0.383 e. The van der Waals surface area contributed by atoms with Gasteiger partial charge in [0.15, 0.2) is 0 Å². The van der Waals surface area contributed by atoms with Crippen molar-refractivity contribution in [2.75, 3.05) is 33.4 Å². The normalized spacial score (nSPS) is 24.9. The summed E-state index contributed by atoms with van der Waals surface area (Å²) in [5, 5.41) is 7.01. The van der Waals surface area contributed by atoms with Crippen LogP contribution in [0.4, 0.5) is 0 Å². The summed E-state index contributed by atoms with van der Waals surface area (Å²) in [4.78, 5) is 0. The molecule has 0 aromatic heterocycles.